The minimum atomic E-state index is -0.575. The molecule has 0 bridgehead atoms. The highest BCUT2D eigenvalue weighted by atomic mass is 79.9. The van der Waals surface area contributed by atoms with E-state index in [0.29, 0.717) is 15.8 Å². The first-order valence-corrected chi connectivity index (χ1v) is 7.64. The first-order chi connectivity index (χ1) is 10.5. The van der Waals surface area contributed by atoms with Gasteiger partial charge in [-0.3, -0.25) is 10.1 Å². The third kappa shape index (κ3) is 4.51. The van der Waals surface area contributed by atoms with E-state index in [9.17, 15) is 14.9 Å². The molecular weight excluding hydrogens is 418 g/mol. The van der Waals surface area contributed by atoms with Gasteiger partial charge >= 0.3 is 5.97 Å². The molecule has 0 atom stereocenters. The molecule has 0 spiro atoms. The van der Waals surface area contributed by atoms with Crippen molar-refractivity contribution in [2.24, 2.45) is 0 Å². The number of nitrogens with zero attached hydrogens (tertiary/aromatic N) is 1. The summed E-state index contributed by atoms with van der Waals surface area (Å²) >= 11 is 6.59. The smallest absolute Gasteiger partial charge is 0.336 e. The molecule has 0 aliphatic rings. The van der Waals surface area contributed by atoms with Gasteiger partial charge in [0.05, 0.1) is 9.40 Å². The normalized spacial score (nSPS) is 10.6. The van der Waals surface area contributed by atoms with Gasteiger partial charge in [-0.2, -0.15) is 0 Å². The summed E-state index contributed by atoms with van der Waals surface area (Å²) < 4.78 is 6.66. The SMILES string of the molecule is O=C(/C=C/c1cccc([N+](=O)[O-])c1)Oc1ccc(Br)cc1Br. The Bertz CT molecular complexity index is 759. The zero-order chi connectivity index (χ0) is 16.1. The number of benzene rings is 2. The fourth-order valence-electron chi connectivity index (χ4n) is 1.61. The van der Waals surface area contributed by atoms with Crippen molar-refractivity contribution in [2.45, 2.75) is 0 Å². The Balaban J connectivity index is 2.08. The highest BCUT2D eigenvalue weighted by Crippen LogP contribution is 2.28. The van der Waals surface area contributed by atoms with Crippen LogP contribution in [-0.2, 0) is 4.79 Å². The minimum absolute atomic E-state index is 0.0360. The molecule has 2 aromatic carbocycles. The van der Waals surface area contributed by atoms with Crippen molar-refractivity contribution < 1.29 is 14.5 Å². The van der Waals surface area contributed by atoms with Crippen LogP contribution in [-0.4, -0.2) is 10.9 Å². The van der Waals surface area contributed by atoms with E-state index in [-0.39, 0.29) is 5.69 Å². The van der Waals surface area contributed by atoms with Gasteiger partial charge < -0.3 is 4.74 Å². The molecule has 5 nitrogen and oxygen atoms in total. The van der Waals surface area contributed by atoms with Gasteiger partial charge in [0, 0.05) is 22.7 Å². The molecule has 0 aromatic heterocycles. The van der Waals surface area contributed by atoms with E-state index >= 15 is 0 Å². The number of nitro groups is 1. The van der Waals surface area contributed by atoms with Crippen molar-refractivity contribution in [3.63, 3.8) is 0 Å². The first kappa shape index (κ1) is 16.4. The molecule has 0 saturated heterocycles. The van der Waals surface area contributed by atoms with Crippen LogP contribution in [0.1, 0.15) is 5.56 Å². The number of ether oxygens (including phenoxy) is 1. The van der Waals surface area contributed by atoms with E-state index in [1.807, 2.05) is 0 Å². The molecule has 0 heterocycles. The van der Waals surface area contributed by atoms with Crippen LogP contribution in [0.5, 0.6) is 5.75 Å². The van der Waals surface area contributed by atoms with E-state index in [0.717, 1.165) is 4.47 Å². The Morgan fingerprint density at radius 1 is 1.18 bits per heavy atom. The Kier molecular flexibility index (Phi) is 5.46. The lowest BCUT2D eigenvalue weighted by molar-refractivity contribution is -0.384. The molecule has 0 N–H and O–H groups in total. The van der Waals surface area contributed by atoms with Crippen LogP contribution >= 0.6 is 31.9 Å². The first-order valence-electron chi connectivity index (χ1n) is 6.05. The van der Waals surface area contributed by atoms with Crippen LogP contribution in [0.3, 0.4) is 0 Å². The fraction of sp³-hybridized carbons (Fsp3) is 0. The van der Waals surface area contributed by atoms with Crippen molar-refractivity contribution in [1.29, 1.82) is 0 Å². The van der Waals surface area contributed by atoms with Crippen molar-refractivity contribution in [3.05, 3.63) is 73.2 Å². The molecule has 22 heavy (non-hydrogen) atoms. The molecule has 7 heteroatoms. The van der Waals surface area contributed by atoms with Crippen molar-refractivity contribution >= 4 is 49.6 Å². The highest BCUT2D eigenvalue weighted by Gasteiger charge is 2.07. The number of carbonyl (C=O) groups excluding carboxylic acids is 1. The lowest BCUT2D eigenvalue weighted by atomic mass is 10.2. The topological polar surface area (TPSA) is 69.4 Å². The third-order valence-corrected chi connectivity index (χ3v) is 3.71. The summed E-state index contributed by atoms with van der Waals surface area (Å²) in [4.78, 5) is 22.0. The van der Waals surface area contributed by atoms with E-state index in [1.54, 1.807) is 30.3 Å². The Hall–Kier alpha value is -1.99. The van der Waals surface area contributed by atoms with Gasteiger partial charge in [-0.1, -0.05) is 28.1 Å². The minimum Gasteiger partial charge on any atom is -0.422 e. The third-order valence-electron chi connectivity index (χ3n) is 2.60. The number of hydrogen-bond acceptors (Lipinski definition) is 4. The summed E-state index contributed by atoms with van der Waals surface area (Å²) in [5.74, 6) is -0.188. The summed E-state index contributed by atoms with van der Waals surface area (Å²) in [7, 11) is 0. The molecule has 112 valence electrons. The van der Waals surface area contributed by atoms with Gasteiger partial charge in [-0.05, 0) is 45.8 Å². The molecular formula is C15H9Br2NO4. The van der Waals surface area contributed by atoms with E-state index in [1.165, 1.54) is 24.3 Å². The number of carbonyl (C=O) groups is 1. The average molecular weight is 427 g/mol. The molecule has 0 aliphatic carbocycles. The van der Waals surface area contributed by atoms with E-state index in [4.69, 9.17) is 4.74 Å². The Morgan fingerprint density at radius 2 is 1.95 bits per heavy atom. The Morgan fingerprint density at radius 3 is 2.64 bits per heavy atom. The number of rotatable bonds is 4. The van der Waals surface area contributed by atoms with Gasteiger partial charge in [0.15, 0.2) is 0 Å². The number of halogens is 2. The predicted molar refractivity (Wildman–Crippen MR) is 89.6 cm³/mol. The maximum atomic E-state index is 11.8. The van der Waals surface area contributed by atoms with Crippen molar-refractivity contribution in [2.75, 3.05) is 0 Å². The molecule has 2 aromatic rings. The van der Waals surface area contributed by atoms with Gasteiger partial charge in [-0.25, -0.2) is 4.79 Å². The summed E-state index contributed by atoms with van der Waals surface area (Å²) in [6.07, 6.45) is 2.68. The van der Waals surface area contributed by atoms with Gasteiger partial charge in [0.2, 0.25) is 0 Å². The second kappa shape index (κ2) is 7.33. The zero-order valence-corrected chi connectivity index (χ0v) is 14.2. The molecule has 2 rings (SSSR count). The van der Waals surface area contributed by atoms with Crippen molar-refractivity contribution in [1.82, 2.24) is 0 Å². The molecule has 0 saturated carbocycles. The monoisotopic (exact) mass is 425 g/mol. The van der Waals surface area contributed by atoms with Crippen LogP contribution in [0.15, 0.2) is 57.5 Å². The highest BCUT2D eigenvalue weighted by molar-refractivity contribution is 9.11. The lowest BCUT2D eigenvalue weighted by Crippen LogP contribution is -2.04. The summed E-state index contributed by atoms with van der Waals surface area (Å²) in [6, 6.07) is 11.1. The number of esters is 1. The molecule has 0 fully saturated rings. The zero-order valence-electron chi connectivity index (χ0n) is 11.0. The largest absolute Gasteiger partial charge is 0.422 e. The molecule has 0 aliphatic heterocycles. The molecule has 0 unspecified atom stereocenters. The quantitative estimate of drug-likeness (QED) is 0.233. The van der Waals surface area contributed by atoms with E-state index < -0.39 is 10.9 Å². The van der Waals surface area contributed by atoms with Crippen LogP contribution in [0.4, 0.5) is 5.69 Å². The van der Waals surface area contributed by atoms with Crippen LogP contribution in [0.25, 0.3) is 6.08 Å². The second-order valence-corrected chi connectivity index (χ2v) is 5.95. The number of nitro benzene ring substituents is 1. The molecule has 0 radical (unpaired) electrons. The summed E-state index contributed by atoms with van der Waals surface area (Å²) in [5.41, 5.74) is 0.507. The summed E-state index contributed by atoms with van der Waals surface area (Å²) in [6.45, 7) is 0. The lowest BCUT2D eigenvalue weighted by Gasteiger charge is -2.04. The standard InChI is InChI=1S/C15H9Br2NO4/c16-11-5-6-14(13(17)9-11)22-15(19)7-4-10-2-1-3-12(8-10)18(20)21/h1-9H/b7-4+. The van der Waals surface area contributed by atoms with Crippen LogP contribution in [0, 0.1) is 10.1 Å². The van der Waals surface area contributed by atoms with Gasteiger partial charge in [-0.15, -0.1) is 0 Å². The van der Waals surface area contributed by atoms with Gasteiger partial charge in [0.25, 0.3) is 5.69 Å². The fourth-order valence-corrected chi connectivity index (χ4v) is 2.73. The molecule has 0 amide bonds. The maximum Gasteiger partial charge on any atom is 0.336 e. The van der Waals surface area contributed by atoms with Crippen LogP contribution in [0.2, 0.25) is 0 Å². The van der Waals surface area contributed by atoms with E-state index in [2.05, 4.69) is 31.9 Å². The number of non-ortho nitro benzene ring substituents is 1. The number of hydrogen-bond donors (Lipinski definition) is 0. The van der Waals surface area contributed by atoms with Crippen molar-refractivity contribution in [3.8, 4) is 5.75 Å². The average Bonchev–Trinajstić information content (AvgIpc) is 2.48. The van der Waals surface area contributed by atoms with Crippen LogP contribution < -0.4 is 4.74 Å². The Labute approximate surface area is 143 Å². The second-order valence-electron chi connectivity index (χ2n) is 4.18. The summed E-state index contributed by atoms with van der Waals surface area (Å²) in [5, 5.41) is 10.7. The maximum absolute atomic E-state index is 11.8. The predicted octanol–water partition coefficient (Wildman–Crippen LogP) is 4.74. The van der Waals surface area contributed by atoms with Gasteiger partial charge in [0.1, 0.15) is 5.75 Å².